The Balaban J connectivity index is 1.35. The molecule has 0 unspecified atom stereocenters. The van der Waals surface area contributed by atoms with Gasteiger partial charge >= 0.3 is 0 Å². The number of carbonyl (C=O) groups excluding carboxylic acids is 2. The second kappa shape index (κ2) is 9.93. The quantitative estimate of drug-likeness (QED) is 0.727. The molecule has 1 saturated heterocycles. The third-order valence-electron chi connectivity index (χ3n) is 5.38. The molecule has 0 aromatic heterocycles. The smallest absolute Gasteiger partial charge is 0.223 e. The number of piperidine rings is 1. The zero-order chi connectivity index (χ0) is 19.8. The highest BCUT2D eigenvalue weighted by Gasteiger charge is 2.26. The van der Waals surface area contributed by atoms with E-state index in [4.69, 9.17) is 5.73 Å². The number of amides is 2. The van der Waals surface area contributed by atoms with Crippen molar-refractivity contribution in [3.8, 4) is 0 Å². The van der Waals surface area contributed by atoms with Crippen molar-refractivity contribution in [3.05, 3.63) is 65.7 Å². The minimum Gasteiger partial charge on any atom is -0.399 e. The van der Waals surface area contributed by atoms with E-state index in [1.807, 2.05) is 59.5 Å². The van der Waals surface area contributed by atoms with Gasteiger partial charge in [0.25, 0.3) is 0 Å². The number of carbonyl (C=O) groups is 2. The summed E-state index contributed by atoms with van der Waals surface area (Å²) >= 11 is 0. The summed E-state index contributed by atoms with van der Waals surface area (Å²) in [6, 6.07) is 17.8. The molecule has 0 bridgehead atoms. The van der Waals surface area contributed by atoms with Gasteiger partial charge in [0, 0.05) is 37.7 Å². The molecule has 0 spiro atoms. The first kappa shape index (κ1) is 19.9. The van der Waals surface area contributed by atoms with E-state index in [9.17, 15) is 9.59 Å². The summed E-state index contributed by atoms with van der Waals surface area (Å²) in [5.74, 6) is 0.294. The van der Waals surface area contributed by atoms with Crippen molar-refractivity contribution in [1.29, 1.82) is 0 Å². The van der Waals surface area contributed by atoms with Crippen LogP contribution in [0.1, 0.15) is 30.4 Å². The first-order chi connectivity index (χ1) is 13.6. The topological polar surface area (TPSA) is 75.4 Å². The van der Waals surface area contributed by atoms with E-state index in [0.29, 0.717) is 26.1 Å². The molecule has 148 valence electrons. The van der Waals surface area contributed by atoms with Gasteiger partial charge in [-0.05, 0) is 48.9 Å². The van der Waals surface area contributed by atoms with E-state index in [-0.39, 0.29) is 17.7 Å². The van der Waals surface area contributed by atoms with Crippen molar-refractivity contribution in [2.24, 2.45) is 5.92 Å². The number of rotatable bonds is 7. The van der Waals surface area contributed by atoms with Crippen LogP contribution >= 0.6 is 0 Å². The van der Waals surface area contributed by atoms with Gasteiger partial charge in [-0.15, -0.1) is 0 Å². The summed E-state index contributed by atoms with van der Waals surface area (Å²) in [6.07, 6.45) is 3.58. The number of likely N-dealkylation sites (tertiary alicyclic amines) is 1. The van der Waals surface area contributed by atoms with Crippen molar-refractivity contribution in [1.82, 2.24) is 10.2 Å². The molecule has 0 aliphatic carbocycles. The van der Waals surface area contributed by atoms with Crippen LogP contribution in [0.2, 0.25) is 0 Å². The van der Waals surface area contributed by atoms with Gasteiger partial charge < -0.3 is 16.0 Å². The van der Waals surface area contributed by atoms with Crippen LogP contribution in [-0.4, -0.2) is 36.3 Å². The number of benzene rings is 2. The molecule has 5 nitrogen and oxygen atoms in total. The highest BCUT2D eigenvalue weighted by Crippen LogP contribution is 2.18. The second-order valence-corrected chi connectivity index (χ2v) is 7.42. The fourth-order valence-electron chi connectivity index (χ4n) is 3.60. The van der Waals surface area contributed by atoms with Crippen molar-refractivity contribution < 1.29 is 9.59 Å². The van der Waals surface area contributed by atoms with Crippen molar-refractivity contribution in [2.45, 2.75) is 32.1 Å². The maximum absolute atomic E-state index is 12.4. The highest BCUT2D eigenvalue weighted by atomic mass is 16.2. The van der Waals surface area contributed by atoms with Crippen LogP contribution in [0.15, 0.2) is 54.6 Å². The number of nitrogen functional groups attached to an aromatic ring is 1. The molecule has 5 heteroatoms. The third kappa shape index (κ3) is 5.84. The Morgan fingerprint density at radius 1 is 0.929 bits per heavy atom. The zero-order valence-electron chi connectivity index (χ0n) is 16.3. The van der Waals surface area contributed by atoms with Gasteiger partial charge in [0.05, 0.1) is 0 Å². The number of aryl methyl sites for hydroxylation is 1. The predicted molar refractivity (Wildman–Crippen MR) is 112 cm³/mol. The summed E-state index contributed by atoms with van der Waals surface area (Å²) in [5, 5.41) is 3.03. The number of nitrogens with two attached hydrogens (primary N) is 1. The molecule has 28 heavy (non-hydrogen) atoms. The van der Waals surface area contributed by atoms with E-state index in [1.165, 1.54) is 5.56 Å². The van der Waals surface area contributed by atoms with Gasteiger partial charge in [-0.2, -0.15) is 0 Å². The normalized spacial score (nSPS) is 14.6. The Hall–Kier alpha value is -2.82. The zero-order valence-corrected chi connectivity index (χ0v) is 16.3. The molecular formula is C23H29N3O2. The molecule has 0 saturated carbocycles. The van der Waals surface area contributed by atoms with Gasteiger partial charge in [0.1, 0.15) is 0 Å². The van der Waals surface area contributed by atoms with Crippen molar-refractivity contribution in [3.63, 3.8) is 0 Å². The lowest BCUT2D eigenvalue weighted by Gasteiger charge is -2.31. The largest absolute Gasteiger partial charge is 0.399 e. The highest BCUT2D eigenvalue weighted by molar-refractivity contribution is 5.80. The molecule has 2 amide bonds. The summed E-state index contributed by atoms with van der Waals surface area (Å²) in [4.78, 5) is 26.7. The minimum atomic E-state index is 0.00425. The SMILES string of the molecule is Nc1ccc(CCNC(=O)C2CCN(C(=O)CCc3ccccc3)CC2)cc1. The standard InChI is InChI=1S/C23H29N3O2/c24-21-9-6-19(7-10-21)12-15-25-23(28)20-13-16-26(17-14-20)22(27)11-8-18-4-2-1-3-5-18/h1-7,9-10,20H,8,11-17,24H2,(H,25,28). The van der Waals surface area contributed by atoms with E-state index in [1.54, 1.807) is 0 Å². The fourth-order valence-corrected chi connectivity index (χ4v) is 3.60. The summed E-state index contributed by atoms with van der Waals surface area (Å²) < 4.78 is 0. The number of hydrogen-bond acceptors (Lipinski definition) is 3. The Kier molecular flexibility index (Phi) is 7.06. The van der Waals surface area contributed by atoms with Gasteiger partial charge in [-0.1, -0.05) is 42.5 Å². The van der Waals surface area contributed by atoms with Crippen molar-refractivity contribution >= 4 is 17.5 Å². The van der Waals surface area contributed by atoms with Crippen LogP contribution in [-0.2, 0) is 22.4 Å². The number of nitrogens with one attached hydrogen (secondary N) is 1. The first-order valence-electron chi connectivity index (χ1n) is 10.1. The maximum Gasteiger partial charge on any atom is 0.223 e. The lowest BCUT2D eigenvalue weighted by Crippen LogP contribution is -2.43. The fraction of sp³-hybridized carbons (Fsp3) is 0.391. The molecule has 0 radical (unpaired) electrons. The molecule has 1 aliphatic rings. The number of anilines is 1. The third-order valence-corrected chi connectivity index (χ3v) is 5.38. The lowest BCUT2D eigenvalue weighted by atomic mass is 9.95. The predicted octanol–water partition coefficient (Wildman–Crippen LogP) is 2.80. The molecule has 0 atom stereocenters. The van der Waals surface area contributed by atoms with E-state index < -0.39 is 0 Å². The molecule has 2 aromatic carbocycles. The molecule has 1 heterocycles. The number of nitrogens with zero attached hydrogens (tertiary/aromatic N) is 1. The monoisotopic (exact) mass is 379 g/mol. The van der Waals surface area contributed by atoms with Gasteiger partial charge in [-0.3, -0.25) is 9.59 Å². The molecule has 3 rings (SSSR count). The van der Waals surface area contributed by atoms with Crippen LogP contribution in [0.25, 0.3) is 0 Å². The summed E-state index contributed by atoms with van der Waals surface area (Å²) in [6.45, 7) is 1.96. The second-order valence-electron chi connectivity index (χ2n) is 7.42. The summed E-state index contributed by atoms with van der Waals surface area (Å²) in [7, 11) is 0. The molecular weight excluding hydrogens is 350 g/mol. The van der Waals surface area contributed by atoms with Crippen LogP contribution in [0, 0.1) is 5.92 Å². The van der Waals surface area contributed by atoms with Gasteiger partial charge in [-0.25, -0.2) is 0 Å². The summed E-state index contributed by atoms with van der Waals surface area (Å²) in [5.41, 5.74) is 8.78. The molecule has 3 N–H and O–H groups in total. The van der Waals surface area contributed by atoms with Gasteiger partial charge in [0.2, 0.25) is 11.8 Å². The lowest BCUT2D eigenvalue weighted by molar-refractivity contribution is -0.135. The maximum atomic E-state index is 12.4. The van der Waals surface area contributed by atoms with E-state index in [2.05, 4.69) is 5.32 Å². The van der Waals surface area contributed by atoms with Crippen molar-refractivity contribution in [2.75, 3.05) is 25.4 Å². The van der Waals surface area contributed by atoms with Crippen LogP contribution in [0.5, 0.6) is 0 Å². The van der Waals surface area contributed by atoms with Gasteiger partial charge in [0.15, 0.2) is 0 Å². The van der Waals surface area contributed by atoms with E-state index in [0.717, 1.165) is 36.9 Å². The van der Waals surface area contributed by atoms with Crippen LogP contribution in [0.4, 0.5) is 5.69 Å². The first-order valence-corrected chi connectivity index (χ1v) is 10.1. The minimum absolute atomic E-state index is 0.00425. The molecule has 2 aromatic rings. The molecule has 1 fully saturated rings. The number of hydrogen-bond donors (Lipinski definition) is 2. The Morgan fingerprint density at radius 3 is 2.25 bits per heavy atom. The molecule has 1 aliphatic heterocycles. The van der Waals surface area contributed by atoms with Crippen LogP contribution < -0.4 is 11.1 Å². The Morgan fingerprint density at radius 2 is 1.57 bits per heavy atom. The average Bonchev–Trinajstić information content (AvgIpc) is 2.74. The Labute approximate surface area is 166 Å². The van der Waals surface area contributed by atoms with Crippen LogP contribution in [0.3, 0.4) is 0 Å². The van der Waals surface area contributed by atoms with E-state index >= 15 is 0 Å². The Bertz CT molecular complexity index is 766. The average molecular weight is 380 g/mol.